The van der Waals surface area contributed by atoms with Crippen LogP contribution >= 0.6 is 0 Å². The summed E-state index contributed by atoms with van der Waals surface area (Å²) >= 11 is 0. The first-order valence-electron chi connectivity index (χ1n) is 4.02. The quantitative estimate of drug-likeness (QED) is 0.697. The van der Waals surface area contributed by atoms with Crippen molar-refractivity contribution in [3.05, 3.63) is 11.3 Å². The first kappa shape index (κ1) is 8.11. The second-order valence-electron chi connectivity index (χ2n) is 2.63. The van der Waals surface area contributed by atoms with Crippen molar-refractivity contribution in [2.45, 2.75) is 33.7 Å². The molecule has 0 radical (unpaired) electrons. The van der Waals surface area contributed by atoms with Gasteiger partial charge in [-0.15, -0.1) is 0 Å². The molecule has 62 valence electrons. The Morgan fingerprint density at radius 1 is 1.45 bits per heavy atom. The molecule has 1 heterocycles. The Balaban J connectivity index is 3.12. The average molecular weight is 153 g/mol. The summed E-state index contributed by atoms with van der Waals surface area (Å²) in [5.74, 6) is 0.810. The Kier molecular flexibility index (Phi) is 2.17. The van der Waals surface area contributed by atoms with Crippen LogP contribution < -0.4 is 5.73 Å². The molecule has 0 saturated carbocycles. The summed E-state index contributed by atoms with van der Waals surface area (Å²) in [5.41, 5.74) is 8.04. The lowest BCUT2D eigenvalue weighted by molar-refractivity contribution is 0.657. The molecule has 0 spiro atoms. The maximum atomic E-state index is 5.79. The van der Waals surface area contributed by atoms with E-state index in [1.54, 1.807) is 0 Å². The normalized spacial score (nSPS) is 10.5. The fourth-order valence-corrected chi connectivity index (χ4v) is 1.19. The summed E-state index contributed by atoms with van der Waals surface area (Å²) in [6.07, 6.45) is 0.961. The van der Waals surface area contributed by atoms with E-state index in [2.05, 4.69) is 12.0 Å². The van der Waals surface area contributed by atoms with E-state index < -0.39 is 0 Å². The van der Waals surface area contributed by atoms with Crippen molar-refractivity contribution in [3.8, 4) is 0 Å². The summed E-state index contributed by atoms with van der Waals surface area (Å²) in [6.45, 7) is 7.01. The number of rotatable bonds is 2. The number of aryl methyl sites for hydroxylation is 2. The zero-order chi connectivity index (χ0) is 8.43. The minimum atomic E-state index is 0.810. The summed E-state index contributed by atoms with van der Waals surface area (Å²) in [4.78, 5) is 0. The van der Waals surface area contributed by atoms with Gasteiger partial charge in [0.1, 0.15) is 5.82 Å². The van der Waals surface area contributed by atoms with Gasteiger partial charge in [0.15, 0.2) is 0 Å². The lowest BCUT2D eigenvalue weighted by atomic mass is 10.2. The fraction of sp³-hybridized carbons (Fsp3) is 0.625. The molecule has 0 saturated heterocycles. The Labute approximate surface area is 67.2 Å². The van der Waals surface area contributed by atoms with Gasteiger partial charge in [-0.2, -0.15) is 5.10 Å². The van der Waals surface area contributed by atoms with Gasteiger partial charge in [0.25, 0.3) is 0 Å². The SMILES string of the molecule is CCc1nn(CC)c(N)c1C. The van der Waals surface area contributed by atoms with Gasteiger partial charge in [0.2, 0.25) is 0 Å². The summed E-state index contributed by atoms with van der Waals surface area (Å²) in [5, 5.41) is 4.34. The van der Waals surface area contributed by atoms with Crippen molar-refractivity contribution in [2.75, 3.05) is 5.73 Å². The van der Waals surface area contributed by atoms with Crippen LogP contribution in [0.5, 0.6) is 0 Å². The average Bonchev–Trinajstić information content (AvgIpc) is 2.30. The van der Waals surface area contributed by atoms with Crippen LogP contribution in [0.1, 0.15) is 25.1 Å². The first-order chi connectivity index (χ1) is 5.20. The highest BCUT2D eigenvalue weighted by atomic mass is 15.3. The molecule has 1 rings (SSSR count). The van der Waals surface area contributed by atoms with E-state index in [1.165, 1.54) is 0 Å². The van der Waals surface area contributed by atoms with Crippen molar-refractivity contribution in [2.24, 2.45) is 0 Å². The highest BCUT2D eigenvalue weighted by Gasteiger charge is 2.07. The number of hydrogen-bond donors (Lipinski definition) is 1. The maximum Gasteiger partial charge on any atom is 0.124 e. The van der Waals surface area contributed by atoms with Crippen molar-refractivity contribution < 1.29 is 0 Å². The van der Waals surface area contributed by atoms with Crippen molar-refractivity contribution in [1.82, 2.24) is 9.78 Å². The van der Waals surface area contributed by atoms with Crippen LogP contribution in [0.2, 0.25) is 0 Å². The molecule has 2 N–H and O–H groups in total. The first-order valence-corrected chi connectivity index (χ1v) is 4.02. The molecule has 0 aliphatic carbocycles. The molecule has 1 aromatic rings. The molecule has 3 nitrogen and oxygen atoms in total. The molecule has 0 aliphatic rings. The minimum Gasteiger partial charge on any atom is -0.384 e. The van der Waals surface area contributed by atoms with Gasteiger partial charge in [-0.05, 0) is 20.3 Å². The fourth-order valence-electron chi connectivity index (χ4n) is 1.19. The molecule has 0 bridgehead atoms. The Morgan fingerprint density at radius 3 is 2.36 bits per heavy atom. The topological polar surface area (TPSA) is 43.8 Å². The predicted molar refractivity (Wildman–Crippen MR) is 46.4 cm³/mol. The maximum absolute atomic E-state index is 5.79. The Morgan fingerprint density at radius 2 is 2.09 bits per heavy atom. The molecular weight excluding hydrogens is 138 g/mol. The van der Waals surface area contributed by atoms with Crippen LogP contribution in [0.15, 0.2) is 0 Å². The third-order valence-corrected chi connectivity index (χ3v) is 1.97. The number of aromatic nitrogens is 2. The van der Waals surface area contributed by atoms with E-state index in [9.17, 15) is 0 Å². The molecule has 0 fully saturated rings. The molecule has 0 amide bonds. The molecular formula is C8H15N3. The number of hydrogen-bond acceptors (Lipinski definition) is 2. The van der Waals surface area contributed by atoms with Crippen molar-refractivity contribution >= 4 is 5.82 Å². The van der Waals surface area contributed by atoms with Crippen LogP contribution in [0, 0.1) is 6.92 Å². The van der Waals surface area contributed by atoms with Crippen molar-refractivity contribution in [3.63, 3.8) is 0 Å². The molecule has 1 aromatic heterocycles. The van der Waals surface area contributed by atoms with Gasteiger partial charge >= 0.3 is 0 Å². The lowest BCUT2D eigenvalue weighted by Gasteiger charge is -1.96. The number of anilines is 1. The van der Waals surface area contributed by atoms with Crippen LogP contribution in [-0.2, 0) is 13.0 Å². The predicted octanol–water partition coefficient (Wildman–Crippen LogP) is 1.36. The van der Waals surface area contributed by atoms with Crippen LogP contribution in [-0.4, -0.2) is 9.78 Å². The zero-order valence-corrected chi connectivity index (χ0v) is 7.39. The monoisotopic (exact) mass is 153 g/mol. The van der Waals surface area contributed by atoms with Gasteiger partial charge < -0.3 is 5.73 Å². The highest BCUT2D eigenvalue weighted by Crippen LogP contribution is 2.15. The molecule has 0 atom stereocenters. The summed E-state index contributed by atoms with van der Waals surface area (Å²) in [6, 6.07) is 0. The number of nitrogen functional groups attached to an aromatic ring is 1. The standard InChI is InChI=1S/C8H15N3/c1-4-7-6(3)8(9)11(5-2)10-7/h4-5,9H2,1-3H3. The molecule has 0 aromatic carbocycles. The minimum absolute atomic E-state index is 0.810. The molecule has 0 aliphatic heterocycles. The number of nitrogens with two attached hydrogens (primary N) is 1. The smallest absolute Gasteiger partial charge is 0.124 e. The van der Waals surface area contributed by atoms with E-state index >= 15 is 0 Å². The van der Waals surface area contributed by atoms with Gasteiger partial charge in [-0.1, -0.05) is 6.92 Å². The summed E-state index contributed by atoms with van der Waals surface area (Å²) < 4.78 is 1.84. The van der Waals surface area contributed by atoms with E-state index in [1.807, 2.05) is 18.5 Å². The molecule has 3 heteroatoms. The Hall–Kier alpha value is -0.990. The van der Waals surface area contributed by atoms with Gasteiger partial charge in [-0.25, -0.2) is 4.68 Å². The van der Waals surface area contributed by atoms with Crippen LogP contribution in [0.4, 0.5) is 5.82 Å². The Bertz CT molecular complexity index is 226. The van der Waals surface area contributed by atoms with Crippen LogP contribution in [0.25, 0.3) is 0 Å². The lowest BCUT2D eigenvalue weighted by Crippen LogP contribution is -2.02. The third kappa shape index (κ3) is 1.23. The van der Waals surface area contributed by atoms with Crippen molar-refractivity contribution in [1.29, 1.82) is 0 Å². The van der Waals surface area contributed by atoms with E-state index in [0.29, 0.717) is 0 Å². The number of nitrogens with zero attached hydrogens (tertiary/aromatic N) is 2. The molecule has 11 heavy (non-hydrogen) atoms. The third-order valence-electron chi connectivity index (χ3n) is 1.97. The van der Waals surface area contributed by atoms with E-state index in [0.717, 1.165) is 30.0 Å². The second kappa shape index (κ2) is 2.95. The second-order valence-corrected chi connectivity index (χ2v) is 2.63. The highest BCUT2D eigenvalue weighted by molar-refractivity contribution is 5.42. The van der Waals surface area contributed by atoms with Gasteiger partial charge in [-0.3, -0.25) is 0 Å². The van der Waals surface area contributed by atoms with Gasteiger partial charge in [0, 0.05) is 12.1 Å². The van der Waals surface area contributed by atoms with E-state index in [4.69, 9.17) is 5.73 Å². The zero-order valence-electron chi connectivity index (χ0n) is 7.39. The van der Waals surface area contributed by atoms with Crippen LogP contribution in [0.3, 0.4) is 0 Å². The van der Waals surface area contributed by atoms with E-state index in [-0.39, 0.29) is 0 Å². The largest absolute Gasteiger partial charge is 0.384 e. The molecule has 0 unspecified atom stereocenters. The summed E-state index contributed by atoms with van der Waals surface area (Å²) in [7, 11) is 0. The van der Waals surface area contributed by atoms with Gasteiger partial charge in [0.05, 0.1) is 5.69 Å².